The molecule has 1 unspecified atom stereocenters. The van der Waals surface area contributed by atoms with E-state index in [0.29, 0.717) is 25.7 Å². The van der Waals surface area contributed by atoms with E-state index in [1.807, 2.05) is 16.7 Å². The first-order chi connectivity index (χ1) is 10.8. The minimum absolute atomic E-state index is 0.264. The SMILES string of the molecule is O=C(CN1CCC(CSc2ccccc2)C1)N1CCOCC1. The molecule has 0 bridgehead atoms. The fraction of sp³-hybridized carbons (Fsp3) is 0.588. The number of benzene rings is 1. The van der Waals surface area contributed by atoms with Crippen molar-refractivity contribution in [3.8, 4) is 0 Å². The maximum atomic E-state index is 12.3. The number of nitrogens with zero attached hydrogens (tertiary/aromatic N) is 2. The van der Waals surface area contributed by atoms with E-state index in [9.17, 15) is 4.79 Å². The Balaban J connectivity index is 1.39. The van der Waals surface area contributed by atoms with E-state index in [4.69, 9.17) is 4.74 Å². The zero-order valence-corrected chi connectivity index (χ0v) is 13.8. The molecule has 2 heterocycles. The van der Waals surface area contributed by atoms with Crippen LogP contribution >= 0.6 is 11.8 Å². The van der Waals surface area contributed by atoms with Crippen molar-refractivity contribution in [2.24, 2.45) is 5.92 Å². The third kappa shape index (κ3) is 4.48. The van der Waals surface area contributed by atoms with Crippen LogP contribution in [-0.4, -0.2) is 67.4 Å². The Morgan fingerprint density at radius 3 is 2.73 bits per heavy atom. The van der Waals surface area contributed by atoms with Crippen LogP contribution < -0.4 is 0 Å². The lowest BCUT2D eigenvalue weighted by Crippen LogP contribution is -2.45. The zero-order valence-electron chi connectivity index (χ0n) is 12.9. The molecule has 4 nitrogen and oxygen atoms in total. The topological polar surface area (TPSA) is 32.8 Å². The van der Waals surface area contributed by atoms with Crippen molar-refractivity contribution in [2.45, 2.75) is 11.3 Å². The number of morpholine rings is 1. The van der Waals surface area contributed by atoms with Crippen LogP contribution in [-0.2, 0) is 9.53 Å². The second-order valence-electron chi connectivity index (χ2n) is 6.01. The monoisotopic (exact) mass is 320 g/mol. The summed E-state index contributed by atoms with van der Waals surface area (Å²) in [6.45, 7) is 5.54. The van der Waals surface area contributed by atoms with Gasteiger partial charge in [0.1, 0.15) is 0 Å². The molecule has 0 saturated carbocycles. The molecule has 22 heavy (non-hydrogen) atoms. The average molecular weight is 320 g/mol. The van der Waals surface area contributed by atoms with Crippen molar-refractivity contribution in [2.75, 3.05) is 51.7 Å². The van der Waals surface area contributed by atoms with E-state index >= 15 is 0 Å². The van der Waals surface area contributed by atoms with E-state index < -0.39 is 0 Å². The van der Waals surface area contributed by atoms with E-state index in [1.165, 1.54) is 11.3 Å². The molecule has 2 fully saturated rings. The van der Waals surface area contributed by atoms with E-state index in [1.54, 1.807) is 0 Å². The fourth-order valence-electron chi connectivity index (χ4n) is 3.03. The van der Waals surface area contributed by atoms with Crippen LogP contribution in [0.25, 0.3) is 0 Å². The first kappa shape index (κ1) is 15.8. The van der Waals surface area contributed by atoms with Crippen LogP contribution in [0.2, 0.25) is 0 Å². The Bertz CT molecular complexity index is 477. The van der Waals surface area contributed by atoms with E-state index in [2.05, 4.69) is 35.2 Å². The maximum Gasteiger partial charge on any atom is 0.236 e. The predicted molar refractivity (Wildman–Crippen MR) is 89.1 cm³/mol. The smallest absolute Gasteiger partial charge is 0.236 e. The Kier molecular flexibility index (Phi) is 5.76. The van der Waals surface area contributed by atoms with Gasteiger partial charge in [0.2, 0.25) is 5.91 Å². The van der Waals surface area contributed by atoms with Crippen LogP contribution in [0, 0.1) is 5.92 Å². The molecule has 2 aliphatic rings. The number of amides is 1. The largest absolute Gasteiger partial charge is 0.378 e. The van der Waals surface area contributed by atoms with Crippen molar-refractivity contribution in [3.05, 3.63) is 30.3 Å². The summed E-state index contributed by atoms with van der Waals surface area (Å²) in [5.74, 6) is 2.11. The van der Waals surface area contributed by atoms with Gasteiger partial charge in [-0.15, -0.1) is 11.8 Å². The molecular weight excluding hydrogens is 296 g/mol. The Labute approximate surface area is 136 Å². The molecular formula is C17H24N2O2S. The van der Waals surface area contributed by atoms with Crippen molar-refractivity contribution >= 4 is 17.7 Å². The highest BCUT2D eigenvalue weighted by molar-refractivity contribution is 7.99. The highest BCUT2D eigenvalue weighted by Gasteiger charge is 2.26. The van der Waals surface area contributed by atoms with Gasteiger partial charge in [-0.25, -0.2) is 0 Å². The molecule has 3 rings (SSSR count). The first-order valence-electron chi connectivity index (χ1n) is 8.07. The van der Waals surface area contributed by atoms with Crippen molar-refractivity contribution in [1.82, 2.24) is 9.80 Å². The van der Waals surface area contributed by atoms with E-state index in [0.717, 1.165) is 31.9 Å². The summed E-state index contributed by atoms with van der Waals surface area (Å²) >= 11 is 1.93. The highest BCUT2D eigenvalue weighted by Crippen LogP contribution is 2.25. The molecule has 120 valence electrons. The van der Waals surface area contributed by atoms with Crippen molar-refractivity contribution < 1.29 is 9.53 Å². The van der Waals surface area contributed by atoms with Gasteiger partial charge >= 0.3 is 0 Å². The lowest BCUT2D eigenvalue weighted by molar-refractivity contribution is -0.136. The number of carbonyl (C=O) groups is 1. The van der Waals surface area contributed by atoms with Gasteiger partial charge in [0.15, 0.2) is 0 Å². The second-order valence-corrected chi connectivity index (χ2v) is 7.10. The molecule has 0 aliphatic carbocycles. The Morgan fingerprint density at radius 1 is 1.18 bits per heavy atom. The lowest BCUT2D eigenvalue weighted by atomic mass is 10.2. The molecule has 0 spiro atoms. The summed E-state index contributed by atoms with van der Waals surface area (Å²) in [6, 6.07) is 10.6. The second kappa shape index (κ2) is 7.99. The zero-order chi connectivity index (χ0) is 15.2. The lowest BCUT2D eigenvalue weighted by Gasteiger charge is -2.28. The summed E-state index contributed by atoms with van der Waals surface area (Å²) in [7, 11) is 0. The van der Waals surface area contributed by atoms with E-state index in [-0.39, 0.29) is 5.91 Å². The normalized spacial score (nSPS) is 22.9. The third-order valence-electron chi connectivity index (χ3n) is 4.32. The van der Waals surface area contributed by atoms with Gasteiger partial charge in [-0.2, -0.15) is 0 Å². The maximum absolute atomic E-state index is 12.3. The molecule has 5 heteroatoms. The minimum atomic E-state index is 0.264. The molecule has 2 saturated heterocycles. The highest BCUT2D eigenvalue weighted by atomic mass is 32.2. The summed E-state index contributed by atoms with van der Waals surface area (Å²) in [5, 5.41) is 0. The minimum Gasteiger partial charge on any atom is -0.378 e. The summed E-state index contributed by atoms with van der Waals surface area (Å²) in [5.41, 5.74) is 0. The van der Waals surface area contributed by atoms with Gasteiger partial charge in [-0.05, 0) is 31.0 Å². The van der Waals surface area contributed by atoms with Gasteiger partial charge in [-0.1, -0.05) is 18.2 Å². The molecule has 1 atom stereocenters. The number of thioether (sulfide) groups is 1. The summed E-state index contributed by atoms with van der Waals surface area (Å²) in [6.07, 6.45) is 1.20. The van der Waals surface area contributed by atoms with Gasteiger partial charge in [-0.3, -0.25) is 9.69 Å². The molecule has 2 aliphatic heterocycles. The molecule has 1 aromatic rings. The van der Waals surface area contributed by atoms with Crippen LogP contribution in [0.3, 0.4) is 0 Å². The van der Waals surface area contributed by atoms with Crippen LogP contribution in [0.1, 0.15) is 6.42 Å². The third-order valence-corrected chi connectivity index (χ3v) is 5.57. The number of hydrogen-bond acceptors (Lipinski definition) is 4. The average Bonchev–Trinajstić information content (AvgIpc) is 3.02. The van der Waals surface area contributed by atoms with Crippen LogP contribution in [0.5, 0.6) is 0 Å². The number of rotatable bonds is 5. The number of hydrogen-bond donors (Lipinski definition) is 0. The van der Waals surface area contributed by atoms with Gasteiger partial charge in [0.25, 0.3) is 0 Å². The summed E-state index contributed by atoms with van der Waals surface area (Å²) < 4.78 is 5.30. The predicted octanol–water partition coefficient (Wildman–Crippen LogP) is 1.96. The summed E-state index contributed by atoms with van der Waals surface area (Å²) in [4.78, 5) is 17.9. The Hall–Kier alpha value is -1.04. The first-order valence-corrected chi connectivity index (χ1v) is 9.05. The van der Waals surface area contributed by atoms with Crippen LogP contribution in [0.15, 0.2) is 35.2 Å². The van der Waals surface area contributed by atoms with Gasteiger partial charge in [0.05, 0.1) is 19.8 Å². The standard InChI is InChI=1S/C17H24N2O2S/c20-17(19-8-10-21-11-9-19)13-18-7-6-15(12-18)14-22-16-4-2-1-3-5-16/h1-5,15H,6-14H2. The van der Waals surface area contributed by atoms with Gasteiger partial charge < -0.3 is 9.64 Å². The number of ether oxygens (including phenoxy) is 1. The molecule has 0 N–H and O–H groups in total. The van der Waals surface area contributed by atoms with Crippen molar-refractivity contribution in [1.29, 1.82) is 0 Å². The van der Waals surface area contributed by atoms with Gasteiger partial charge in [0, 0.05) is 30.3 Å². The molecule has 0 radical (unpaired) electrons. The number of likely N-dealkylation sites (tertiary alicyclic amines) is 1. The fourth-order valence-corrected chi connectivity index (χ4v) is 4.08. The van der Waals surface area contributed by atoms with Crippen LogP contribution in [0.4, 0.5) is 0 Å². The quantitative estimate of drug-likeness (QED) is 0.777. The molecule has 1 amide bonds. The van der Waals surface area contributed by atoms with Crippen molar-refractivity contribution in [3.63, 3.8) is 0 Å². The Morgan fingerprint density at radius 2 is 1.95 bits per heavy atom. The number of carbonyl (C=O) groups excluding carboxylic acids is 1. The molecule has 1 aromatic carbocycles. The molecule has 0 aromatic heterocycles.